The summed E-state index contributed by atoms with van der Waals surface area (Å²) in [6.45, 7) is 1.44. The molecule has 0 heterocycles. The van der Waals surface area contributed by atoms with E-state index in [0.717, 1.165) is 17.0 Å². The third-order valence-electron chi connectivity index (χ3n) is 3.37. The zero-order chi connectivity index (χ0) is 18.1. The maximum atomic E-state index is 6.06. The lowest BCUT2D eigenvalue weighted by Crippen LogP contribution is -2.23. The van der Waals surface area contributed by atoms with Crippen molar-refractivity contribution in [3.8, 4) is 11.5 Å². The molecule has 26 heavy (non-hydrogen) atoms. The van der Waals surface area contributed by atoms with Crippen LogP contribution in [0.1, 0.15) is 5.56 Å². The second-order valence-electron chi connectivity index (χ2n) is 5.14. The van der Waals surface area contributed by atoms with Crippen LogP contribution < -0.4 is 20.5 Å². The van der Waals surface area contributed by atoms with Crippen molar-refractivity contribution in [3.05, 3.63) is 53.1 Å². The van der Waals surface area contributed by atoms with Gasteiger partial charge < -0.3 is 25.3 Å². The minimum absolute atomic E-state index is 0. The van der Waals surface area contributed by atoms with E-state index in [1.807, 2.05) is 30.3 Å². The molecule has 8 heteroatoms. The number of hydrogen-bond acceptors (Lipinski definition) is 4. The lowest BCUT2D eigenvalue weighted by Gasteiger charge is -2.08. The average Bonchev–Trinajstić information content (AvgIpc) is 2.62. The smallest absolute Gasteiger partial charge is 0.193 e. The van der Waals surface area contributed by atoms with E-state index in [1.165, 1.54) is 0 Å². The molecule has 0 saturated heterocycles. The van der Waals surface area contributed by atoms with Crippen molar-refractivity contribution in [2.75, 3.05) is 32.7 Å². The molecule has 3 N–H and O–H groups in total. The van der Waals surface area contributed by atoms with Gasteiger partial charge in [0.15, 0.2) is 5.96 Å². The molecule has 0 radical (unpaired) electrons. The highest BCUT2D eigenvalue weighted by Crippen LogP contribution is 2.26. The fraction of sp³-hybridized carbons (Fsp3) is 0.278. The predicted octanol–water partition coefficient (Wildman–Crippen LogP) is 3.92. The maximum Gasteiger partial charge on any atom is 0.193 e. The number of rotatable bonds is 8. The van der Waals surface area contributed by atoms with Gasteiger partial charge >= 0.3 is 0 Å². The second kappa shape index (κ2) is 11.8. The molecule has 0 amide bonds. The molecule has 0 aliphatic rings. The zero-order valence-electron chi connectivity index (χ0n) is 14.7. The number of methoxy groups -OCH3 is 2. The number of nitrogens with two attached hydrogens (primary N) is 1. The van der Waals surface area contributed by atoms with Crippen LogP contribution in [0.2, 0.25) is 5.02 Å². The molecular formula is C18H23ClIN3O3. The van der Waals surface area contributed by atoms with E-state index >= 15 is 0 Å². The molecular weight excluding hydrogens is 469 g/mol. The molecule has 0 spiro atoms. The first-order chi connectivity index (χ1) is 12.1. The average molecular weight is 492 g/mol. The van der Waals surface area contributed by atoms with Gasteiger partial charge in [0.05, 0.1) is 39.0 Å². The standard InChI is InChI=1S/C18H22ClN3O3.HI/c1-23-15-6-3-13(4-7-15)12-25-10-9-21-18(20)22-14-5-8-17(24-2)16(19)11-14;/h3-8,11H,9-10,12H2,1-2H3,(H3,20,21,22);1H. The van der Waals surface area contributed by atoms with E-state index < -0.39 is 0 Å². The van der Waals surface area contributed by atoms with E-state index in [9.17, 15) is 0 Å². The number of hydrogen-bond donors (Lipinski definition) is 2. The summed E-state index contributed by atoms with van der Waals surface area (Å²) in [7, 11) is 3.21. The fourth-order valence-electron chi connectivity index (χ4n) is 2.07. The highest BCUT2D eigenvalue weighted by atomic mass is 127. The molecule has 2 rings (SSSR count). The van der Waals surface area contributed by atoms with Gasteiger partial charge in [-0.15, -0.1) is 24.0 Å². The third kappa shape index (κ3) is 7.27. The second-order valence-corrected chi connectivity index (χ2v) is 5.55. The Morgan fingerprint density at radius 1 is 1.12 bits per heavy atom. The van der Waals surface area contributed by atoms with E-state index in [1.54, 1.807) is 26.4 Å². The lowest BCUT2D eigenvalue weighted by molar-refractivity contribution is 0.128. The number of ether oxygens (including phenoxy) is 3. The summed E-state index contributed by atoms with van der Waals surface area (Å²) in [5.74, 6) is 1.73. The van der Waals surface area contributed by atoms with Crippen LogP contribution in [0.5, 0.6) is 11.5 Å². The predicted molar refractivity (Wildman–Crippen MR) is 116 cm³/mol. The van der Waals surface area contributed by atoms with Gasteiger partial charge in [-0.3, -0.25) is 4.99 Å². The summed E-state index contributed by atoms with van der Waals surface area (Å²) < 4.78 is 15.8. The van der Waals surface area contributed by atoms with Crippen LogP contribution in [0.15, 0.2) is 47.5 Å². The van der Waals surface area contributed by atoms with Gasteiger partial charge in [-0.25, -0.2) is 0 Å². The molecule has 0 fully saturated rings. The van der Waals surface area contributed by atoms with Crippen molar-refractivity contribution in [1.82, 2.24) is 0 Å². The quantitative estimate of drug-likeness (QED) is 0.253. The number of nitrogens with one attached hydrogen (secondary N) is 1. The first-order valence-corrected chi connectivity index (χ1v) is 8.11. The highest BCUT2D eigenvalue weighted by Gasteiger charge is 2.02. The number of guanidine groups is 1. The Bertz CT molecular complexity index is 711. The molecule has 142 valence electrons. The number of aliphatic imine (C=N–C) groups is 1. The minimum atomic E-state index is 0. The van der Waals surface area contributed by atoms with Crippen molar-refractivity contribution in [3.63, 3.8) is 0 Å². The summed E-state index contributed by atoms with van der Waals surface area (Å²) in [4.78, 5) is 4.21. The van der Waals surface area contributed by atoms with Gasteiger partial charge in [0.1, 0.15) is 11.5 Å². The van der Waals surface area contributed by atoms with E-state index in [4.69, 9.17) is 31.5 Å². The SMILES string of the molecule is COc1ccc(COCCN=C(N)Nc2ccc(OC)c(Cl)c2)cc1.I. The summed E-state index contributed by atoms with van der Waals surface area (Å²) in [6, 6.07) is 13.0. The zero-order valence-corrected chi connectivity index (χ0v) is 17.8. The Hall–Kier alpha value is -1.71. The Labute approximate surface area is 175 Å². The Morgan fingerprint density at radius 2 is 1.85 bits per heavy atom. The first kappa shape index (κ1) is 22.3. The fourth-order valence-corrected chi connectivity index (χ4v) is 2.33. The molecule has 0 aliphatic heterocycles. The number of nitrogens with zero attached hydrogens (tertiary/aromatic N) is 1. The van der Waals surface area contributed by atoms with Crippen LogP contribution in [0, 0.1) is 0 Å². The topological polar surface area (TPSA) is 78.1 Å². The molecule has 0 aliphatic carbocycles. The molecule has 0 unspecified atom stereocenters. The molecule has 0 aromatic heterocycles. The van der Waals surface area contributed by atoms with Crippen LogP contribution in [0.25, 0.3) is 0 Å². The van der Waals surface area contributed by atoms with Crippen LogP contribution in [-0.4, -0.2) is 33.3 Å². The van der Waals surface area contributed by atoms with Gasteiger partial charge in [-0.05, 0) is 35.9 Å². The largest absolute Gasteiger partial charge is 0.497 e. The van der Waals surface area contributed by atoms with Crippen LogP contribution >= 0.6 is 35.6 Å². The number of halogens is 2. The molecule has 2 aromatic rings. The van der Waals surface area contributed by atoms with Gasteiger partial charge in [0, 0.05) is 5.69 Å². The van der Waals surface area contributed by atoms with Gasteiger partial charge in [0.25, 0.3) is 0 Å². The van der Waals surface area contributed by atoms with Gasteiger partial charge in [-0.1, -0.05) is 23.7 Å². The molecule has 0 bridgehead atoms. The summed E-state index contributed by atoms with van der Waals surface area (Å²) in [5.41, 5.74) is 7.66. The van der Waals surface area contributed by atoms with Gasteiger partial charge in [0.2, 0.25) is 0 Å². The van der Waals surface area contributed by atoms with Crippen LogP contribution in [0.3, 0.4) is 0 Å². The Kier molecular flexibility index (Phi) is 10.2. The summed E-state index contributed by atoms with van der Waals surface area (Å²) in [6.07, 6.45) is 0. The van der Waals surface area contributed by atoms with Gasteiger partial charge in [-0.2, -0.15) is 0 Å². The number of anilines is 1. The van der Waals surface area contributed by atoms with Crippen molar-refractivity contribution in [2.45, 2.75) is 6.61 Å². The molecule has 0 atom stereocenters. The molecule has 2 aromatic carbocycles. The lowest BCUT2D eigenvalue weighted by atomic mass is 10.2. The minimum Gasteiger partial charge on any atom is -0.497 e. The van der Waals surface area contributed by atoms with E-state index in [0.29, 0.717) is 36.5 Å². The van der Waals surface area contributed by atoms with Crippen LogP contribution in [-0.2, 0) is 11.3 Å². The van der Waals surface area contributed by atoms with Crippen LogP contribution in [0.4, 0.5) is 5.69 Å². The highest BCUT2D eigenvalue weighted by molar-refractivity contribution is 14.0. The Balaban J connectivity index is 0.00000338. The first-order valence-electron chi connectivity index (χ1n) is 7.73. The van der Waals surface area contributed by atoms with E-state index in [2.05, 4.69) is 10.3 Å². The maximum absolute atomic E-state index is 6.06. The monoisotopic (exact) mass is 491 g/mol. The third-order valence-corrected chi connectivity index (χ3v) is 3.67. The van der Waals surface area contributed by atoms with Crippen molar-refractivity contribution in [1.29, 1.82) is 0 Å². The summed E-state index contributed by atoms with van der Waals surface area (Å²) in [5, 5.41) is 3.48. The number of benzene rings is 2. The van der Waals surface area contributed by atoms with Crippen molar-refractivity contribution >= 4 is 47.2 Å². The Morgan fingerprint density at radius 3 is 2.46 bits per heavy atom. The van der Waals surface area contributed by atoms with Crippen molar-refractivity contribution < 1.29 is 14.2 Å². The van der Waals surface area contributed by atoms with Crippen molar-refractivity contribution in [2.24, 2.45) is 10.7 Å². The molecule has 6 nitrogen and oxygen atoms in total. The molecule has 0 saturated carbocycles. The van der Waals surface area contributed by atoms with E-state index in [-0.39, 0.29) is 24.0 Å². The summed E-state index contributed by atoms with van der Waals surface area (Å²) >= 11 is 6.06. The normalized spacial score (nSPS) is 10.8.